The van der Waals surface area contributed by atoms with Crippen molar-refractivity contribution >= 4 is 23.4 Å². The van der Waals surface area contributed by atoms with Crippen molar-refractivity contribution in [2.45, 2.75) is 79.3 Å². The van der Waals surface area contributed by atoms with Gasteiger partial charge in [0.1, 0.15) is 11.6 Å². The van der Waals surface area contributed by atoms with Crippen LogP contribution in [0.5, 0.6) is 0 Å². The van der Waals surface area contributed by atoms with Crippen molar-refractivity contribution in [1.82, 2.24) is 0 Å². The molecule has 0 aliphatic carbocycles. The molecule has 1 heterocycles. The molecule has 0 radical (unpaired) electrons. The highest BCUT2D eigenvalue weighted by Crippen LogP contribution is 2.45. The summed E-state index contributed by atoms with van der Waals surface area (Å²) in [5.74, 6) is 0.0203. The van der Waals surface area contributed by atoms with Gasteiger partial charge in [-0.25, -0.2) is 0 Å². The lowest BCUT2D eigenvalue weighted by atomic mass is 9.78. The molecule has 168 valence electrons. The van der Waals surface area contributed by atoms with Gasteiger partial charge in [-0.1, -0.05) is 24.6 Å². The monoisotopic (exact) mass is 429 g/mol. The summed E-state index contributed by atoms with van der Waals surface area (Å²) in [6.07, 6.45) is 2.78. The van der Waals surface area contributed by atoms with Crippen molar-refractivity contribution in [3.05, 3.63) is 63.7 Å². The van der Waals surface area contributed by atoms with E-state index < -0.39 is 0 Å². The van der Waals surface area contributed by atoms with Crippen molar-refractivity contribution in [3.8, 4) is 6.07 Å². The third-order valence-corrected chi connectivity index (χ3v) is 6.48. The molecule has 0 aromatic heterocycles. The minimum Gasteiger partial charge on any atom is -0.364 e. The first kappa shape index (κ1) is 23.6. The van der Waals surface area contributed by atoms with Gasteiger partial charge in [0, 0.05) is 23.0 Å². The van der Waals surface area contributed by atoms with Gasteiger partial charge in [0.25, 0.3) is 5.91 Å². The number of hydrogen-bond donors (Lipinski definition) is 1. The molecule has 0 bridgehead atoms. The fourth-order valence-electron chi connectivity index (χ4n) is 5.19. The van der Waals surface area contributed by atoms with Crippen LogP contribution in [0.25, 0.3) is 6.08 Å². The summed E-state index contributed by atoms with van der Waals surface area (Å²) in [6.45, 7) is 17.4. The summed E-state index contributed by atoms with van der Waals surface area (Å²) in [4.78, 5) is 15.4. The topological polar surface area (TPSA) is 56.1 Å². The zero-order valence-electron chi connectivity index (χ0n) is 20.6. The lowest BCUT2D eigenvalue weighted by Crippen LogP contribution is -2.51. The number of nitrogens with zero attached hydrogens (tertiary/aromatic N) is 2. The summed E-state index contributed by atoms with van der Waals surface area (Å²) in [5, 5.41) is 12.6. The summed E-state index contributed by atoms with van der Waals surface area (Å²) in [7, 11) is 0. The van der Waals surface area contributed by atoms with E-state index in [0.717, 1.165) is 34.4 Å². The Morgan fingerprint density at radius 2 is 1.88 bits per heavy atom. The van der Waals surface area contributed by atoms with Crippen LogP contribution in [0.3, 0.4) is 0 Å². The highest BCUT2D eigenvalue weighted by atomic mass is 16.1. The number of nitrogens with one attached hydrogen (secondary N) is 1. The maximum absolute atomic E-state index is 12.9. The maximum Gasteiger partial charge on any atom is 0.266 e. The number of nitriles is 1. The van der Waals surface area contributed by atoms with Gasteiger partial charge < -0.3 is 10.2 Å². The lowest BCUT2D eigenvalue weighted by molar-refractivity contribution is -0.112. The molecule has 32 heavy (non-hydrogen) atoms. The zero-order chi connectivity index (χ0) is 23.8. The van der Waals surface area contributed by atoms with Gasteiger partial charge in [-0.05, 0) is 107 Å². The lowest BCUT2D eigenvalue weighted by Gasteiger charge is -2.50. The average molecular weight is 430 g/mol. The Balaban J connectivity index is 1.99. The van der Waals surface area contributed by atoms with Crippen LogP contribution in [0, 0.1) is 32.1 Å². The molecule has 0 fully saturated rings. The zero-order valence-corrected chi connectivity index (χ0v) is 20.6. The van der Waals surface area contributed by atoms with Crippen LogP contribution < -0.4 is 10.2 Å². The summed E-state index contributed by atoms with van der Waals surface area (Å²) in [6, 6.07) is 12.7. The Bertz CT molecular complexity index is 1120. The Morgan fingerprint density at radius 1 is 1.19 bits per heavy atom. The first-order valence-electron chi connectivity index (χ1n) is 11.4. The van der Waals surface area contributed by atoms with Gasteiger partial charge in [0.15, 0.2) is 0 Å². The molecule has 1 aliphatic heterocycles. The number of amides is 1. The number of fused-ring (bicyclic) bond motifs is 1. The molecule has 4 heteroatoms. The molecule has 0 spiro atoms. The van der Waals surface area contributed by atoms with Gasteiger partial charge in [0.05, 0.1) is 0 Å². The van der Waals surface area contributed by atoms with Crippen molar-refractivity contribution in [2.24, 2.45) is 0 Å². The molecule has 2 aromatic carbocycles. The minimum absolute atomic E-state index is 0.0774. The van der Waals surface area contributed by atoms with Crippen molar-refractivity contribution in [3.63, 3.8) is 0 Å². The van der Waals surface area contributed by atoms with Crippen molar-refractivity contribution < 1.29 is 4.79 Å². The Morgan fingerprint density at radius 3 is 2.47 bits per heavy atom. The summed E-state index contributed by atoms with van der Waals surface area (Å²) in [5.41, 5.74) is 7.55. The quantitative estimate of drug-likeness (QED) is 0.437. The van der Waals surface area contributed by atoms with Crippen molar-refractivity contribution in [2.75, 3.05) is 10.2 Å². The van der Waals surface area contributed by atoms with Gasteiger partial charge in [-0.2, -0.15) is 5.26 Å². The van der Waals surface area contributed by atoms with Crippen LogP contribution >= 0.6 is 0 Å². The molecular formula is C28H35N3O. The molecule has 1 amide bonds. The molecule has 0 saturated carbocycles. The highest BCUT2D eigenvalue weighted by molar-refractivity contribution is 6.10. The number of aryl methyl sites for hydroxylation is 3. The molecular weight excluding hydrogens is 394 g/mol. The third-order valence-electron chi connectivity index (χ3n) is 6.48. The largest absolute Gasteiger partial charge is 0.364 e. The molecule has 4 nitrogen and oxygen atoms in total. The molecule has 1 N–H and O–H groups in total. The molecule has 1 atom stereocenters. The third kappa shape index (κ3) is 4.58. The van der Waals surface area contributed by atoms with Crippen molar-refractivity contribution in [1.29, 1.82) is 5.26 Å². The van der Waals surface area contributed by atoms with Crippen LogP contribution in [0.2, 0.25) is 0 Å². The number of benzene rings is 2. The van der Waals surface area contributed by atoms with Gasteiger partial charge in [-0.15, -0.1) is 0 Å². The second-order valence-electron chi connectivity index (χ2n) is 10.1. The normalized spacial score (nSPS) is 17.7. The van der Waals surface area contributed by atoms with E-state index >= 15 is 0 Å². The Kier molecular flexibility index (Phi) is 6.51. The van der Waals surface area contributed by atoms with Gasteiger partial charge in [-0.3, -0.25) is 4.79 Å². The fourth-order valence-corrected chi connectivity index (χ4v) is 5.19. The molecule has 1 aliphatic rings. The fraction of sp³-hybridized carbons (Fsp3) is 0.429. The van der Waals surface area contributed by atoms with Crippen LogP contribution in [0.1, 0.15) is 74.8 Å². The van der Waals surface area contributed by atoms with Crippen LogP contribution in [-0.2, 0) is 4.79 Å². The van der Waals surface area contributed by atoms with Crippen LogP contribution in [0.4, 0.5) is 11.4 Å². The predicted molar refractivity (Wildman–Crippen MR) is 134 cm³/mol. The Hall–Kier alpha value is -3.06. The van der Waals surface area contributed by atoms with Gasteiger partial charge in [0.2, 0.25) is 0 Å². The summed E-state index contributed by atoms with van der Waals surface area (Å²) >= 11 is 0. The maximum atomic E-state index is 12.9. The number of carbonyl (C=O) groups is 1. The second-order valence-corrected chi connectivity index (χ2v) is 10.1. The number of hydrogen-bond acceptors (Lipinski definition) is 3. The van der Waals surface area contributed by atoms with E-state index in [1.54, 1.807) is 6.08 Å². The molecule has 3 rings (SSSR count). The molecule has 0 saturated heterocycles. The van der Waals surface area contributed by atoms with Crippen LogP contribution in [0.15, 0.2) is 35.9 Å². The van der Waals surface area contributed by atoms with E-state index in [0.29, 0.717) is 12.0 Å². The highest BCUT2D eigenvalue weighted by Gasteiger charge is 2.37. The standard InChI is InChI=1S/C28H35N3O/c1-17(2)31-26-12-19(4)22(14-24(26)21(6)15-28(31,7)8)13-23(16-29)27(32)30-25-10-9-18(3)11-20(25)5/h9-14,17,21H,15H2,1-8H3,(H,30,32)/b23-13-. The van der Waals surface area contributed by atoms with E-state index in [2.05, 4.69) is 63.0 Å². The van der Waals surface area contributed by atoms with E-state index in [1.807, 2.05) is 39.0 Å². The smallest absolute Gasteiger partial charge is 0.266 e. The van der Waals surface area contributed by atoms with E-state index in [4.69, 9.17) is 0 Å². The van der Waals surface area contributed by atoms with E-state index in [1.165, 1.54) is 11.3 Å². The minimum atomic E-state index is -0.380. The van der Waals surface area contributed by atoms with E-state index in [-0.39, 0.29) is 17.0 Å². The second kappa shape index (κ2) is 8.82. The van der Waals surface area contributed by atoms with Gasteiger partial charge >= 0.3 is 0 Å². The number of rotatable bonds is 4. The SMILES string of the molecule is Cc1ccc(NC(=O)/C(C#N)=C\c2cc3c(cc2C)N(C(C)C)C(C)(C)CC3C)c(C)c1. The Labute approximate surface area is 192 Å². The molecule has 2 aromatic rings. The first-order valence-corrected chi connectivity index (χ1v) is 11.4. The van der Waals surface area contributed by atoms with Crippen LogP contribution in [-0.4, -0.2) is 17.5 Å². The van der Waals surface area contributed by atoms with E-state index in [9.17, 15) is 10.1 Å². The number of anilines is 2. The summed E-state index contributed by atoms with van der Waals surface area (Å²) < 4.78 is 0. The predicted octanol–water partition coefficient (Wildman–Crippen LogP) is 6.66. The molecule has 1 unspecified atom stereocenters. The average Bonchev–Trinajstić information content (AvgIpc) is 2.67. The first-order chi connectivity index (χ1) is 14.9. The number of carbonyl (C=O) groups excluding carboxylic acids is 1.